The lowest BCUT2D eigenvalue weighted by atomic mass is 9.81. The van der Waals surface area contributed by atoms with E-state index in [0.29, 0.717) is 13.1 Å². The molecular formula is C14H24N2OS. The first-order chi connectivity index (χ1) is 8.63. The molecular weight excluding hydrogens is 244 g/mol. The van der Waals surface area contributed by atoms with Crippen LogP contribution in [0.1, 0.15) is 44.1 Å². The largest absolute Gasteiger partial charge is 0.351 e. The van der Waals surface area contributed by atoms with Crippen LogP contribution in [0.5, 0.6) is 0 Å². The summed E-state index contributed by atoms with van der Waals surface area (Å²) in [6, 6.07) is 2.13. The maximum atomic E-state index is 12.3. The minimum Gasteiger partial charge on any atom is -0.351 e. The second-order valence-electron chi connectivity index (χ2n) is 4.60. The Bertz CT molecular complexity index is 375. The summed E-state index contributed by atoms with van der Waals surface area (Å²) >= 11 is 1.70. The zero-order valence-corrected chi connectivity index (χ0v) is 12.4. The quantitative estimate of drug-likeness (QED) is 0.799. The van der Waals surface area contributed by atoms with E-state index < -0.39 is 5.41 Å². The summed E-state index contributed by atoms with van der Waals surface area (Å²) in [5.41, 5.74) is 6.70. The number of aryl methyl sites for hydroxylation is 1. The molecule has 0 spiro atoms. The van der Waals surface area contributed by atoms with E-state index >= 15 is 0 Å². The topological polar surface area (TPSA) is 55.1 Å². The number of rotatable bonds is 7. The Balaban J connectivity index is 2.65. The summed E-state index contributed by atoms with van der Waals surface area (Å²) < 4.78 is 0. The molecule has 0 atom stereocenters. The summed E-state index contributed by atoms with van der Waals surface area (Å²) in [6.07, 6.45) is 2.59. The first-order valence-corrected chi connectivity index (χ1v) is 7.55. The van der Waals surface area contributed by atoms with Gasteiger partial charge in [0.1, 0.15) is 0 Å². The van der Waals surface area contributed by atoms with Gasteiger partial charge in [0, 0.05) is 11.4 Å². The molecule has 4 heteroatoms. The maximum absolute atomic E-state index is 12.3. The normalized spacial score (nSPS) is 11.6. The number of hydrogen-bond acceptors (Lipinski definition) is 3. The van der Waals surface area contributed by atoms with Crippen molar-refractivity contribution in [3.05, 3.63) is 21.9 Å². The Morgan fingerprint density at radius 3 is 2.56 bits per heavy atom. The molecule has 0 fully saturated rings. The van der Waals surface area contributed by atoms with Crippen LogP contribution in [0.15, 0.2) is 11.4 Å². The molecule has 1 rings (SSSR count). The van der Waals surface area contributed by atoms with E-state index in [0.717, 1.165) is 19.3 Å². The first kappa shape index (κ1) is 15.2. The van der Waals surface area contributed by atoms with Crippen molar-refractivity contribution in [2.24, 2.45) is 11.1 Å². The minimum atomic E-state index is -0.399. The Morgan fingerprint density at radius 2 is 2.06 bits per heavy atom. The molecule has 0 saturated heterocycles. The fraction of sp³-hybridized carbons (Fsp3) is 0.643. The molecule has 1 heterocycles. The molecule has 0 saturated carbocycles. The van der Waals surface area contributed by atoms with Gasteiger partial charge in [0.2, 0.25) is 5.91 Å². The number of nitrogens with one attached hydrogen (secondary N) is 1. The van der Waals surface area contributed by atoms with Crippen molar-refractivity contribution >= 4 is 17.2 Å². The number of carbonyl (C=O) groups excluding carboxylic acids is 1. The average Bonchev–Trinajstić information content (AvgIpc) is 2.86. The van der Waals surface area contributed by atoms with Gasteiger partial charge in [-0.25, -0.2) is 0 Å². The third kappa shape index (κ3) is 3.12. The number of hydrogen-bond donors (Lipinski definition) is 2. The molecule has 1 aromatic rings. The number of thiophene rings is 1. The summed E-state index contributed by atoms with van der Waals surface area (Å²) in [5, 5.41) is 5.12. The van der Waals surface area contributed by atoms with Crippen molar-refractivity contribution in [1.82, 2.24) is 5.32 Å². The molecule has 0 aliphatic carbocycles. The highest BCUT2D eigenvalue weighted by atomic mass is 32.1. The number of nitrogens with two attached hydrogens (primary N) is 1. The Hall–Kier alpha value is -0.870. The summed E-state index contributed by atoms with van der Waals surface area (Å²) in [6.45, 7) is 7.23. The highest BCUT2D eigenvalue weighted by Gasteiger charge is 2.33. The van der Waals surface area contributed by atoms with E-state index in [1.165, 1.54) is 10.4 Å². The van der Waals surface area contributed by atoms with Gasteiger partial charge >= 0.3 is 0 Å². The Kier molecular flexibility index (Phi) is 5.82. The molecule has 0 radical (unpaired) electrons. The van der Waals surface area contributed by atoms with Crippen LogP contribution in [0.2, 0.25) is 0 Å². The van der Waals surface area contributed by atoms with Crippen molar-refractivity contribution < 1.29 is 4.79 Å². The molecule has 3 nitrogen and oxygen atoms in total. The number of carbonyl (C=O) groups is 1. The standard InChI is InChI=1S/C14H24N2OS/c1-4-11-7-8-18-12(11)9-16-13(17)14(5-2,6-3)10-15/h7-8H,4-6,9-10,15H2,1-3H3,(H,16,17). The molecule has 102 valence electrons. The van der Waals surface area contributed by atoms with Crippen LogP contribution in [0.25, 0.3) is 0 Å². The lowest BCUT2D eigenvalue weighted by Crippen LogP contribution is -2.45. The average molecular weight is 268 g/mol. The van der Waals surface area contributed by atoms with Crippen LogP contribution in [-0.2, 0) is 17.8 Å². The van der Waals surface area contributed by atoms with Gasteiger partial charge in [0.25, 0.3) is 0 Å². The van der Waals surface area contributed by atoms with Crippen LogP contribution < -0.4 is 11.1 Å². The molecule has 0 unspecified atom stereocenters. The molecule has 1 amide bonds. The monoisotopic (exact) mass is 268 g/mol. The summed E-state index contributed by atoms with van der Waals surface area (Å²) in [4.78, 5) is 13.5. The SMILES string of the molecule is CCc1ccsc1CNC(=O)C(CC)(CC)CN. The van der Waals surface area contributed by atoms with Crippen molar-refractivity contribution in [1.29, 1.82) is 0 Å². The zero-order valence-electron chi connectivity index (χ0n) is 11.6. The lowest BCUT2D eigenvalue weighted by molar-refractivity contribution is -0.131. The van der Waals surface area contributed by atoms with E-state index in [1.807, 2.05) is 13.8 Å². The van der Waals surface area contributed by atoms with Gasteiger partial charge in [0.15, 0.2) is 0 Å². The van der Waals surface area contributed by atoms with Crippen molar-refractivity contribution in [3.63, 3.8) is 0 Å². The van der Waals surface area contributed by atoms with Crippen LogP contribution >= 0.6 is 11.3 Å². The van der Waals surface area contributed by atoms with Gasteiger partial charge in [-0.15, -0.1) is 11.3 Å². The molecule has 0 aromatic carbocycles. The van der Waals surface area contributed by atoms with E-state index in [1.54, 1.807) is 11.3 Å². The highest BCUT2D eigenvalue weighted by Crippen LogP contribution is 2.25. The first-order valence-electron chi connectivity index (χ1n) is 6.67. The van der Waals surface area contributed by atoms with E-state index in [4.69, 9.17) is 5.73 Å². The molecule has 3 N–H and O–H groups in total. The van der Waals surface area contributed by atoms with E-state index in [-0.39, 0.29) is 5.91 Å². The maximum Gasteiger partial charge on any atom is 0.227 e. The molecule has 0 bridgehead atoms. The van der Waals surface area contributed by atoms with Gasteiger partial charge in [-0.3, -0.25) is 4.79 Å². The molecule has 0 aliphatic heterocycles. The predicted octanol–water partition coefficient (Wildman–Crippen LogP) is 2.69. The summed E-state index contributed by atoms with van der Waals surface area (Å²) in [5.74, 6) is 0.0884. The second-order valence-corrected chi connectivity index (χ2v) is 5.60. The third-order valence-corrected chi connectivity index (χ3v) is 4.82. The van der Waals surface area contributed by atoms with Gasteiger partial charge < -0.3 is 11.1 Å². The van der Waals surface area contributed by atoms with E-state index in [2.05, 4.69) is 23.7 Å². The fourth-order valence-electron chi connectivity index (χ4n) is 2.14. The minimum absolute atomic E-state index is 0.0884. The van der Waals surface area contributed by atoms with Gasteiger partial charge in [-0.2, -0.15) is 0 Å². The third-order valence-electron chi connectivity index (χ3n) is 3.85. The van der Waals surface area contributed by atoms with Gasteiger partial charge in [-0.1, -0.05) is 20.8 Å². The predicted molar refractivity (Wildman–Crippen MR) is 77.6 cm³/mol. The van der Waals surface area contributed by atoms with Crippen LogP contribution in [0.4, 0.5) is 0 Å². The van der Waals surface area contributed by atoms with Gasteiger partial charge in [-0.05, 0) is 36.3 Å². The van der Waals surface area contributed by atoms with Crippen LogP contribution in [0, 0.1) is 5.41 Å². The van der Waals surface area contributed by atoms with Crippen molar-refractivity contribution in [3.8, 4) is 0 Å². The van der Waals surface area contributed by atoms with Crippen molar-refractivity contribution in [2.45, 2.75) is 46.6 Å². The zero-order chi connectivity index (χ0) is 13.6. The van der Waals surface area contributed by atoms with Gasteiger partial charge in [0.05, 0.1) is 12.0 Å². The van der Waals surface area contributed by atoms with Crippen LogP contribution in [-0.4, -0.2) is 12.5 Å². The summed E-state index contributed by atoms with van der Waals surface area (Å²) in [7, 11) is 0. The second kappa shape index (κ2) is 6.90. The molecule has 0 aliphatic rings. The highest BCUT2D eigenvalue weighted by molar-refractivity contribution is 7.10. The fourth-order valence-corrected chi connectivity index (χ4v) is 3.05. The Labute approximate surface area is 114 Å². The lowest BCUT2D eigenvalue weighted by Gasteiger charge is -2.28. The smallest absolute Gasteiger partial charge is 0.227 e. The molecule has 1 aromatic heterocycles. The van der Waals surface area contributed by atoms with Crippen molar-refractivity contribution in [2.75, 3.05) is 6.54 Å². The molecule has 18 heavy (non-hydrogen) atoms. The number of amides is 1. The van der Waals surface area contributed by atoms with Crippen LogP contribution in [0.3, 0.4) is 0 Å². The Morgan fingerprint density at radius 1 is 1.39 bits per heavy atom. The van der Waals surface area contributed by atoms with E-state index in [9.17, 15) is 4.79 Å².